The molecule has 2 fully saturated rings. The standard InChI is InChI=1S/C27H30FN5O5S/c1-31-24-20(30-26(31)21-12-17-5-4-9-29-25(17)33(21)14-16-6-7-16)11-18(13-22(24)37-2)27(34)32-10-8-19(28)23(15-32)38-39(3,35)36/h4-5,9,11-13,16,19,23H,6-8,10,14-15H2,1-3H3. The summed E-state index contributed by atoms with van der Waals surface area (Å²) in [5.74, 6) is 1.46. The lowest BCUT2D eigenvalue weighted by Gasteiger charge is -2.34. The summed E-state index contributed by atoms with van der Waals surface area (Å²) in [7, 11) is -0.420. The maximum absolute atomic E-state index is 14.4. The number of ether oxygens (including phenoxy) is 1. The smallest absolute Gasteiger partial charge is 0.264 e. The third-order valence-electron chi connectivity index (χ3n) is 7.49. The average Bonchev–Trinajstić information content (AvgIpc) is 3.57. The molecule has 0 bridgehead atoms. The van der Waals surface area contributed by atoms with E-state index in [1.165, 1.54) is 24.9 Å². The normalized spacial score (nSPS) is 20.2. The molecule has 10 nitrogen and oxygen atoms in total. The van der Waals surface area contributed by atoms with E-state index in [9.17, 15) is 17.6 Å². The lowest BCUT2D eigenvalue weighted by atomic mass is 10.0. The Balaban J connectivity index is 1.39. The minimum absolute atomic E-state index is 0.0153. The number of alkyl halides is 1. The minimum atomic E-state index is -3.87. The third kappa shape index (κ3) is 4.87. The van der Waals surface area contributed by atoms with E-state index in [0.717, 1.165) is 40.9 Å². The molecular formula is C27H30FN5O5S. The van der Waals surface area contributed by atoms with Crippen molar-refractivity contribution in [2.45, 2.75) is 38.1 Å². The van der Waals surface area contributed by atoms with Crippen molar-refractivity contribution in [3.05, 3.63) is 42.1 Å². The topological polar surface area (TPSA) is 109 Å². The molecule has 1 saturated heterocycles. The minimum Gasteiger partial charge on any atom is -0.494 e. The van der Waals surface area contributed by atoms with Gasteiger partial charge in [0.2, 0.25) is 0 Å². The summed E-state index contributed by atoms with van der Waals surface area (Å²) < 4.78 is 52.3. The number of carbonyl (C=O) groups excluding carboxylic acids is 1. The molecule has 4 heterocycles. The van der Waals surface area contributed by atoms with E-state index in [-0.39, 0.29) is 25.4 Å². The zero-order valence-corrected chi connectivity index (χ0v) is 22.8. The maximum Gasteiger partial charge on any atom is 0.264 e. The van der Waals surface area contributed by atoms with Crippen LogP contribution in [0.4, 0.5) is 4.39 Å². The van der Waals surface area contributed by atoms with Gasteiger partial charge in [-0.3, -0.25) is 8.98 Å². The molecular weight excluding hydrogens is 525 g/mol. The lowest BCUT2D eigenvalue weighted by molar-refractivity contribution is 0.0215. The Hall–Kier alpha value is -3.51. The fraction of sp³-hybridized carbons (Fsp3) is 0.444. The number of likely N-dealkylation sites (tertiary alicyclic amines) is 1. The van der Waals surface area contributed by atoms with Gasteiger partial charge in [0, 0.05) is 37.3 Å². The number of hydrogen-bond donors (Lipinski definition) is 0. The van der Waals surface area contributed by atoms with Crippen LogP contribution in [0, 0.1) is 5.92 Å². The molecule has 0 radical (unpaired) electrons. The molecule has 2 aliphatic rings. The number of benzene rings is 1. The highest BCUT2D eigenvalue weighted by Crippen LogP contribution is 2.37. The van der Waals surface area contributed by atoms with E-state index in [0.29, 0.717) is 22.7 Å². The number of nitrogens with zero attached hydrogens (tertiary/aromatic N) is 5. The predicted molar refractivity (Wildman–Crippen MR) is 144 cm³/mol. The molecule has 1 aliphatic heterocycles. The highest BCUT2D eigenvalue weighted by atomic mass is 32.2. The Bertz CT molecular complexity index is 1690. The van der Waals surface area contributed by atoms with Gasteiger partial charge in [-0.2, -0.15) is 8.42 Å². The molecule has 2 atom stereocenters. The van der Waals surface area contributed by atoms with Gasteiger partial charge in [-0.05, 0) is 55.5 Å². The number of methoxy groups -OCH3 is 1. The number of hydrogen-bond acceptors (Lipinski definition) is 7. The first-order valence-electron chi connectivity index (χ1n) is 12.9. The van der Waals surface area contributed by atoms with E-state index < -0.39 is 22.4 Å². The second kappa shape index (κ2) is 9.60. The first-order chi connectivity index (χ1) is 18.6. The molecule has 1 aliphatic carbocycles. The average molecular weight is 556 g/mol. The molecule has 3 aromatic heterocycles. The number of rotatable bonds is 7. The molecule has 0 spiro atoms. The van der Waals surface area contributed by atoms with Gasteiger partial charge in [0.05, 0.1) is 31.1 Å². The van der Waals surface area contributed by atoms with Gasteiger partial charge in [0.15, 0.2) is 5.82 Å². The Morgan fingerprint density at radius 1 is 1.21 bits per heavy atom. The van der Waals surface area contributed by atoms with E-state index >= 15 is 0 Å². The highest BCUT2D eigenvalue weighted by Gasteiger charge is 2.35. The maximum atomic E-state index is 14.4. The highest BCUT2D eigenvalue weighted by molar-refractivity contribution is 7.86. The first kappa shape index (κ1) is 25.8. The Kier molecular flexibility index (Phi) is 6.34. The summed E-state index contributed by atoms with van der Waals surface area (Å²) in [6, 6.07) is 9.39. The van der Waals surface area contributed by atoms with Crippen LogP contribution in [0.3, 0.4) is 0 Å². The van der Waals surface area contributed by atoms with Crippen LogP contribution < -0.4 is 4.74 Å². The molecule has 4 aromatic rings. The van der Waals surface area contributed by atoms with Gasteiger partial charge >= 0.3 is 0 Å². The van der Waals surface area contributed by atoms with E-state index in [2.05, 4.69) is 15.6 Å². The molecule has 0 N–H and O–H groups in total. The number of amides is 1. The van der Waals surface area contributed by atoms with Crippen LogP contribution in [0.5, 0.6) is 5.75 Å². The summed E-state index contributed by atoms with van der Waals surface area (Å²) >= 11 is 0. The number of piperidine rings is 1. The van der Waals surface area contributed by atoms with Crippen molar-refractivity contribution in [3.63, 3.8) is 0 Å². The second-order valence-corrected chi connectivity index (χ2v) is 12.0. The largest absolute Gasteiger partial charge is 0.494 e. The van der Waals surface area contributed by atoms with Crippen LogP contribution in [0.25, 0.3) is 33.6 Å². The number of halogens is 1. The fourth-order valence-corrected chi connectivity index (χ4v) is 6.03. The molecule has 2 unspecified atom stereocenters. The van der Waals surface area contributed by atoms with E-state index in [4.69, 9.17) is 13.9 Å². The third-order valence-corrected chi connectivity index (χ3v) is 8.08. The Morgan fingerprint density at radius 3 is 2.72 bits per heavy atom. The second-order valence-electron chi connectivity index (χ2n) is 10.4. The molecule has 39 heavy (non-hydrogen) atoms. The van der Waals surface area contributed by atoms with Crippen LogP contribution in [-0.4, -0.2) is 77.1 Å². The number of fused-ring (bicyclic) bond motifs is 2. The number of carbonyl (C=O) groups is 1. The van der Waals surface area contributed by atoms with Gasteiger partial charge in [-0.1, -0.05) is 0 Å². The van der Waals surface area contributed by atoms with Crippen LogP contribution in [0.1, 0.15) is 29.6 Å². The van der Waals surface area contributed by atoms with Crippen molar-refractivity contribution < 1.29 is 26.5 Å². The van der Waals surface area contributed by atoms with Crippen molar-refractivity contribution in [3.8, 4) is 17.3 Å². The Morgan fingerprint density at radius 2 is 2.00 bits per heavy atom. The summed E-state index contributed by atoms with van der Waals surface area (Å²) in [6.45, 7) is 0.835. The van der Waals surface area contributed by atoms with E-state index in [1.54, 1.807) is 18.3 Å². The SMILES string of the molecule is COc1cc(C(=O)N2CCC(F)C(OS(C)(=O)=O)C2)cc2nc(-c3cc4cccnc4n3CC3CC3)n(C)c12. The van der Waals surface area contributed by atoms with Crippen LogP contribution in [-0.2, 0) is 27.9 Å². The van der Waals surface area contributed by atoms with Crippen molar-refractivity contribution in [2.75, 3.05) is 26.5 Å². The molecule has 206 valence electrons. The zero-order valence-electron chi connectivity index (χ0n) is 22.0. The van der Waals surface area contributed by atoms with Gasteiger partial charge in [0.1, 0.15) is 29.2 Å². The van der Waals surface area contributed by atoms with Crippen LogP contribution in [0.2, 0.25) is 0 Å². The van der Waals surface area contributed by atoms with E-state index in [1.807, 2.05) is 23.7 Å². The van der Waals surface area contributed by atoms with Crippen molar-refractivity contribution in [2.24, 2.45) is 13.0 Å². The van der Waals surface area contributed by atoms with Gasteiger partial charge in [-0.25, -0.2) is 14.4 Å². The van der Waals surface area contributed by atoms with Crippen molar-refractivity contribution in [1.82, 2.24) is 24.0 Å². The Labute approximate surface area is 225 Å². The zero-order chi connectivity index (χ0) is 27.5. The van der Waals surface area contributed by atoms with Crippen molar-refractivity contribution in [1.29, 1.82) is 0 Å². The number of imidazole rings is 1. The molecule has 12 heteroatoms. The molecule has 6 rings (SSSR count). The van der Waals surface area contributed by atoms with Crippen LogP contribution >= 0.6 is 0 Å². The quantitative estimate of drug-likeness (QED) is 0.321. The van der Waals surface area contributed by atoms with Crippen molar-refractivity contribution >= 4 is 38.1 Å². The predicted octanol–water partition coefficient (Wildman–Crippen LogP) is 3.54. The monoisotopic (exact) mass is 555 g/mol. The van der Waals surface area contributed by atoms with Gasteiger partial charge < -0.3 is 18.8 Å². The summed E-state index contributed by atoms with van der Waals surface area (Å²) in [5, 5.41) is 1.03. The molecule has 1 saturated carbocycles. The first-order valence-corrected chi connectivity index (χ1v) is 14.8. The van der Waals surface area contributed by atoms with Gasteiger partial charge in [-0.15, -0.1) is 0 Å². The fourth-order valence-electron chi connectivity index (χ4n) is 5.40. The summed E-state index contributed by atoms with van der Waals surface area (Å²) in [6.07, 6.45) is 2.33. The van der Waals surface area contributed by atoms with Crippen LogP contribution in [0.15, 0.2) is 36.5 Å². The van der Waals surface area contributed by atoms with Gasteiger partial charge in [0.25, 0.3) is 16.0 Å². The summed E-state index contributed by atoms with van der Waals surface area (Å²) in [5.41, 5.74) is 3.49. The number of pyridine rings is 1. The number of aromatic nitrogens is 4. The number of aryl methyl sites for hydroxylation is 1. The summed E-state index contributed by atoms with van der Waals surface area (Å²) in [4.78, 5) is 24.5. The molecule has 1 aromatic carbocycles. The lowest BCUT2D eigenvalue weighted by Crippen LogP contribution is -2.49. The molecule has 1 amide bonds.